The fraction of sp³-hybridized carbons (Fsp3) is 0.613. The third kappa shape index (κ3) is 18.3. The highest BCUT2D eigenvalue weighted by Crippen LogP contribution is 2.10. The first kappa shape index (κ1) is 39.8. The summed E-state index contributed by atoms with van der Waals surface area (Å²) in [6, 6.07) is 4.06. The molecule has 3 atom stereocenters. The first-order valence-corrected chi connectivity index (χ1v) is 16.4. The molecule has 252 valence electrons. The number of carbonyl (C=O) groups excluding carboxylic acids is 4. The molecule has 1 aromatic rings. The number of carboxylic acids is 2. The summed E-state index contributed by atoms with van der Waals surface area (Å²) in [7, 11) is 0. The van der Waals surface area contributed by atoms with Gasteiger partial charge in [-0.1, -0.05) is 26.0 Å². The van der Waals surface area contributed by atoms with E-state index >= 15 is 0 Å². The van der Waals surface area contributed by atoms with Crippen molar-refractivity contribution in [2.45, 2.75) is 116 Å². The van der Waals surface area contributed by atoms with E-state index in [-0.39, 0.29) is 18.9 Å². The van der Waals surface area contributed by atoms with Crippen LogP contribution in [0.5, 0.6) is 0 Å². The maximum absolute atomic E-state index is 13.0. The lowest BCUT2D eigenvalue weighted by Gasteiger charge is -2.23. The Balaban J connectivity index is 2.82. The van der Waals surface area contributed by atoms with E-state index in [2.05, 4.69) is 49.2 Å². The Kier molecular flexibility index (Phi) is 19.0. The molecule has 4 amide bonds. The Morgan fingerprint density at radius 1 is 0.689 bits per heavy atom. The van der Waals surface area contributed by atoms with Gasteiger partial charge in [0.05, 0.1) is 6.42 Å². The van der Waals surface area contributed by atoms with Gasteiger partial charge in [0.2, 0.25) is 23.6 Å². The number of aliphatic carboxylic acids is 2. The Morgan fingerprint density at radius 2 is 1.29 bits per heavy atom. The molecule has 0 aliphatic rings. The van der Waals surface area contributed by atoms with E-state index in [1.54, 1.807) is 13.8 Å². The molecule has 0 fully saturated rings. The van der Waals surface area contributed by atoms with Gasteiger partial charge in [0, 0.05) is 28.5 Å². The zero-order valence-electron chi connectivity index (χ0n) is 26.5. The van der Waals surface area contributed by atoms with Crippen molar-refractivity contribution in [2.75, 3.05) is 6.54 Å². The monoisotopic (exact) mass is 745 g/mol. The summed E-state index contributed by atoms with van der Waals surface area (Å²) < 4.78 is 1.08. The summed E-state index contributed by atoms with van der Waals surface area (Å²) >= 11 is 2.19. The van der Waals surface area contributed by atoms with E-state index in [0.717, 1.165) is 22.1 Å². The molecular weight excluding hydrogens is 697 g/mol. The molecule has 0 heterocycles. The Bertz CT molecular complexity index is 1130. The lowest BCUT2D eigenvalue weighted by Crippen LogP contribution is -2.54. The van der Waals surface area contributed by atoms with Gasteiger partial charge in [0.25, 0.3) is 0 Å². The topological polar surface area (TPSA) is 203 Å². The van der Waals surface area contributed by atoms with Crippen molar-refractivity contribution in [3.8, 4) is 0 Å². The predicted molar refractivity (Wildman–Crippen MR) is 177 cm³/mol. The third-order valence-electron chi connectivity index (χ3n) is 6.64. The molecule has 0 bridgehead atoms. The first-order chi connectivity index (χ1) is 21.2. The van der Waals surface area contributed by atoms with Crippen molar-refractivity contribution in [3.05, 3.63) is 33.4 Å². The number of rotatable bonds is 22. The highest BCUT2D eigenvalue weighted by atomic mass is 127. The van der Waals surface area contributed by atoms with Crippen molar-refractivity contribution in [1.29, 1.82) is 0 Å². The second-order valence-corrected chi connectivity index (χ2v) is 12.8. The zero-order chi connectivity index (χ0) is 33.9. The number of amides is 4. The van der Waals surface area contributed by atoms with Crippen LogP contribution in [-0.2, 0) is 35.2 Å². The molecule has 0 aromatic heterocycles. The number of hydrogen-bond donors (Lipinski definition) is 7. The minimum Gasteiger partial charge on any atom is -0.481 e. The molecule has 1 aromatic carbocycles. The van der Waals surface area contributed by atoms with Gasteiger partial charge >= 0.3 is 11.9 Å². The number of aryl methyl sites for hydroxylation is 1. The average Bonchev–Trinajstić information content (AvgIpc) is 2.94. The standard InChI is InChI=1S/C31H48IN5O8/c1-19(2)33-17-6-5-9-23(29(42)34-20(3)4)36-27(39)18-25(31(44)45)37-30(43)24(15-16-28(40)41)35-26(38)10-7-8-21-11-13-22(32)14-12-21/h11-14,19-20,23-25,33H,5-10,15-18H2,1-4H3,(H,34,42)(H,35,38)(H,36,39)(H,37,43)(H,40,41)(H,44,45). The highest BCUT2D eigenvalue weighted by molar-refractivity contribution is 14.1. The van der Waals surface area contributed by atoms with Gasteiger partial charge in [-0.3, -0.25) is 24.0 Å². The maximum atomic E-state index is 13.0. The minimum atomic E-state index is -1.67. The van der Waals surface area contributed by atoms with Crippen LogP contribution in [0.25, 0.3) is 0 Å². The van der Waals surface area contributed by atoms with Gasteiger partial charge < -0.3 is 36.8 Å². The number of hydrogen-bond acceptors (Lipinski definition) is 7. The molecule has 45 heavy (non-hydrogen) atoms. The fourth-order valence-electron chi connectivity index (χ4n) is 4.34. The van der Waals surface area contributed by atoms with Crippen molar-refractivity contribution < 1.29 is 39.0 Å². The molecule has 14 heteroatoms. The smallest absolute Gasteiger partial charge is 0.326 e. The van der Waals surface area contributed by atoms with Crippen LogP contribution in [0.4, 0.5) is 0 Å². The predicted octanol–water partition coefficient (Wildman–Crippen LogP) is 2.10. The molecule has 0 spiro atoms. The molecule has 0 saturated carbocycles. The van der Waals surface area contributed by atoms with Crippen LogP contribution >= 0.6 is 22.6 Å². The van der Waals surface area contributed by atoms with Gasteiger partial charge in [0.1, 0.15) is 18.1 Å². The van der Waals surface area contributed by atoms with E-state index < -0.39 is 66.5 Å². The van der Waals surface area contributed by atoms with Crippen LogP contribution in [-0.4, -0.2) is 82.5 Å². The van der Waals surface area contributed by atoms with E-state index in [1.807, 2.05) is 38.1 Å². The number of benzene rings is 1. The van der Waals surface area contributed by atoms with Crippen molar-refractivity contribution in [3.63, 3.8) is 0 Å². The van der Waals surface area contributed by atoms with Crippen LogP contribution in [0.15, 0.2) is 24.3 Å². The highest BCUT2D eigenvalue weighted by Gasteiger charge is 2.30. The van der Waals surface area contributed by atoms with E-state index in [4.69, 9.17) is 5.11 Å². The Labute approximate surface area is 278 Å². The van der Waals surface area contributed by atoms with Crippen LogP contribution in [0.2, 0.25) is 0 Å². The lowest BCUT2D eigenvalue weighted by molar-refractivity contribution is -0.144. The SMILES string of the molecule is CC(C)NCCCCC(NC(=O)CC(NC(=O)C(CCC(=O)O)NC(=O)CCCc1ccc(I)cc1)C(=O)O)C(=O)NC(C)C. The van der Waals surface area contributed by atoms with Crippen molar-refractivity contribution in [2.24, 2.45) is 0 Å². The molecule has 0 saturated heterocycles. The maximum Gasteiger partial charge on any atom is 0.326 e. The average molecular weight is 746 g/mol. The van der Waals surface area contributed by atoms with Crippen molar-refractivity contribution >= 4 is 58.2 Å². The van der Waals surface area contributed by atoms with Gasteiger partial charge in [-0.15, -0.1) is 0 Å². The lowest BCUT2D eigenvalue weighted by atomic mass is 10.1. The summed E-state index contributed by atoms with van der Waals surface area (Å²) in [5.41, 5.74) is 1.04. The van der Waals surface area contributed by atoms with Gasteiger partial charge in [-0.2, -0.15) is 0 Å². The summed E-state index contributed by atoms with van der Waals surface area (Å²) in [6.45, 7) is 8.34. The summed E-state index contributed by atoms with van der Waals surface area (Å²) in [5.74, 6) is -5.26. The number of halogens is 1. The molecule has 13 nitrogen and oxygen atoms in total. The number of unbranched alkanes of at least 4 members (excludes halogenated alkanes) is 1. The summed E-state index contributed by atoms with van der Waals surface area (Å²) in [6.07, 6.45) is 1.52. The molecule has 0 aliphatic heterocycles. The normalized spacial score (nSPS) is 13.0. The van der Waals surface area contributed by atoms with Gasteiger partial charge in [-0.25, -0.2) is 4.79 Å². The minimum absolute atomic E-state index is 0.0704. The number of nitrogens with one attached hydrogen (secondary N) is 5. The molecular formula is C31H48IN5O8. The number of carbonyl (C=O) groups is 6. The second-order valence-electron chi connectivity index (χ2n) is 11.5. The zero-order valence-corrected chi connectivity index (χ0v) is 28.6. The van der Waals surface area contributed by atoms with Crippen LogP contribution in [0.1, 0.15) is 84.6 Å². The molecule has 1 rings (SSSR count). The Hall–Kier alpha value is -3.27. The molecule has 0 radical (unpaired) electrons. The molecule has 3 unspecified atom stereocenters. The summed E-state index contributed by atoms with van der Waals surface area (Å²) in [4.78, 5) is 74.4. The second kappa shape index (κ2) is 21.5. The molecule has 0 aliphatic carbocycles. The summed E-state index contributed by atoms with van der Waals surface area (Å²) in [5, 5.41) is 32.2. The Morgan fingerprint density at radius 3 is 1.87 bits per heavy atom. The van der Waals surface area contributed by atoms with Crippen LogP contribution in [0.3, 0.4) is 0 Å². The third-order valence-corrected chi connectivity index (χ3v) is 7.36. The fourth-order valence-corrected chi connectivity index (χ4v) is 4.70. The van der Waals surface area contributed by atoms with Gasteiger partial charge in [-0.05, 0) is 99.2 Å². The number of carboxylic acid groups (broad SMARTS) is 2. The largest absolute Gasteiger partial charge is 0.481 e. The van der Waals surface area contributed by atoms with E-state index in [9.17, 15) is 33.9 Å². The quantitative estimate of drug-likeness (QED) is 0.0686. The van der Waals surface area contributed by atoms with E-state index in [1.165, 1.54) is 0 Å². The van der Waals surface area contributed by atoms with Gasteiger partial charge in [0.15, 0.2) is 0 Å². The van der Waals surface area contributed by atoms with Crippen LogP contribution in [0, 0.1) is 3.57 Å². The van der Waals surface area contributed by atoms with E-state index in [0.29, 0.717) is 31.7 Å². The van der Waals surface area contributed by atoms with Crippen molar-refractivity contribution in [1.82, 2.24) is 26.6 Å². The van der Waals surface area contributed by atoms with Crippen LogP contribution < -0.4 is 26.6 Å². The molecule has 7 N–H and O–H groups in total. The first-order valence-electron chi connectivity index (χ1n) is 15.3.